The summed E-state index contributed by atoms with van der Waals surface area (Å²) in [4.78, 5) is 38.7. The highest BCUT2D eigenvalue weighted by atomic mass is 35.5. The van der Waals surface area contributed by atoms with Crippen LogP contribution in [-0.4, -0.2) is 17.8 Å². The lowest BCUT2D eigenvalue weighted by molar-refractivity contribution is -0.120. The van der Waals surface area contributed by atoms with Crippen LogP contribution in [0, 0.1) is 6.92 Å². The molecule has 0 saturated carbocycles. The van der Waals surface area contributed by atoms with E-state index in [0.29, 0.717) is 17.0 Å². The number of hydrogen-bond acceptors (Lipinski definition) is 5. The molecule has 0 spiro atoms. The Balaban J connectivity index is 1.49. The molecule has 160 valence electrons. The van der Waals surface area contributed by atoms with E-state index in [2.05, 4.69) is 5.32 Å². The third-order valence-electron chi connectivity index (χ3n) is 4.74. The average Bonchev–Trinajstić information content (AvgIpc) is 2.99. The summed E-state index contributed by atoms with van der Waals surface area (Å²) in [6.45, 7) is 1.94. The van der Waals surface area contributed by atoms with Crippen LogP contribution < -0.4 is 15.0 Å². The average molecular weight is 467 g/mol. The van der Waals surface area contributed by atoms with Gasteiger partial charge in [-0.05, 0) is 55.5 Å². The van der Waals surface area contributed by atoms with Crippen molar-refractivity contribution in [2.75, 3.05) is 10.2 Å². The van der Waals surface area contributed by atoms with Crippen molar-refractivity contribution >= 4 is 52.4 Å². The molecular weight excluding hydrogens is 451 g/mol. The van der Waals surface area contributed by atoms with Crippen LogP contribution >= 0.6 is 23.2 Å². The standard InChI is InChI=1S/C24H16Cl2N2O4/c1-14-6-12-17(13-7-14)32-24(31)15-8-10-16(11-9-15)27-21-20(26)22(29)28(23(21)30)19-5-3-2-4-18(19)25/h2-13,27H,1H3. The molecule has 32 heavy (non-hydrogen) atoms. The molecule has 6 nitrogen and oxygen atoms in total. The van der Waals surface area contributed by atoms with Crippen molar-refractivity contribution in [3.05, 3.63) is 99.7 Å². The first kappa shape index (κ1) is 21.6. The van der Waals surface area contributed by atoms with Gasteiger partial charge < -0.3 is 10.1 Å². The van der Waals surface area contributed by atoms with Gasteiger partial charge in [0.1, 0.15) is 16.5 Å². The summed E-state index contributed by atoms with van der Waals surface area (Å²) in [6.07, 6.45) is 0. The van der Waals surface area contributed by atoms with Crippen molar-refractivity contribution in [2.24, 2.45) is 0 Å². The molecule has 1 aliphatic rings. The van der Waals surface area contributed by atoms with E-state index in [1.54, 1.807) is 60.7 Å². The fourth-order valence-corrected chi connectivity index (χ4v) is 3.50. The minimum Gasteiger partial charge on any atom is -0.423 e. The Kier molecular flexibility index (Phi) is 5.99. The number of imide groups is 1. The predicted octanol–water partition coefficient (Wildman–Crippen LogP) is 5.30. The Labute approximate surface area is 194 Å². The fraction of sp³-hybridized carbons (Fsp3) is 0.0417. The number of carbonyl (C=O) groups excluding carboxylic acids is 3. The largest absolute Gasteiger partial charge is 0.423 e. The van der Waals surface area contributed by atoms with Gasteiger partial charge >= 0.3 is 5.97 Å². The van der Waals surface area contributed by atoms with Crippen molar-refractivity contribution in [1.82, 2.24) is 0 Å². The monoisotopic (exact) mass is 466 g/mol. The number of esters is 1. The van der Waals surface area contributed by atoms with E-state index < -0.39 is 17.8 Å². The van der Waals surface area contributed by atoms with Crippen LogP contribution in [0.25, 0.3) is 0 Å². The summed E-state index contributed by atoms with van der Waals surface area (Å²) in [5.74, 6) is -1.38. The molecule has 0 aliphatic carbocycles. The molecule has 3 aromatic rings. The van der Waals surface area contributed by atoms with E-state index in [4.69, 9.17) is 27.9 Å². The van der Waals surface area contributed by atoms with Crippen molar-refractivity contribution in [3.63, 3.8) is 0 Å². The van der Waals surface area contributed by atoms with Gasteiger partial charge in [-0.3, -0.25) is 9.59 Å². The topological polar surface area (TPSA) is 75.7 Å². The van der Waals surface area contributed by atoms with Crippen LogP contribution in [0.5, 0.6) is 5.75 Å². The van der Waals surface area contributed by atoms with E-state index >= 15 is 0 Å². The van der Waals surface area contributed by atoms with Gasteiger partial charge in [-0.2, -0.15) is 0 Å². The molecule has 4 rings (SSSR count). The van der Waals surface area contributed by atoms with Crippen LogP contribution in [0.4, 0.5) is 11.4 Å². The Morgan fingerprint density at radius 3 is 2.19 bits per heavy atom. The Morgan fingerprint density at radius 1 is 0.875 bits per heavy atom. The van der Waals surface area contributed by atoms with Crippen LogP contribution in [0.1, 0.15) is 15.9 Å². The third-order valence-corrected chi connectivity index (χ3v) is 5.41. The minimum absolute atomic E-state index is 0.0773. The second kappa shape index (κ2) is 8.86. The van der Waals surface area contributed by atoms with Crippen molar-refractivity contribution in [1.29, 1.82) is 0 Å². The Morgan fingerprint density at radius 2 is 1.53 bits per heavy atom. The molecule has 1 heterocycles. The van der Waals surface area contributed by atoms with Gasteiger partial charge in [0, 0.05) is 5.69 Å². The maximum absolute atomic E-state index is 12.9. The molecule has 0 radical (unpaired) electrons. The highest BCUT2D eigenvalue weighted by Gasteiger charge is 2.39. The van der Waals surface area contributed by atoms with Crippen molar-refractivity contribution < 1.29 is 19.1 Å². The second-order valence-corrected chi connectivity index (χ2v) is 7.78. The number of halogens is 2. The Hall–Kier alpha value is -3.61. The van der Waals surface area contributed by atoms with E-state index in [1.165, 1.54) is 0 Å². The number of rotatable bonds is 5. The molecule has 1 N–H and O–H groups in total. The molecular formula is C24H16Cl2N2O4. The molecule has 2 amide bonds. The van der Waals surface area contributed by atoms with Gasteiger partial charge in [0.15, 0.2) is 0 Å². The van der Waals surface area contributed by atoms with Crippen LogP contribution in [0.2, 0.25) is 5.02 Å². The number of ether oxygens (including phenoxy) is 1. The lowest BCUT2D eigenvalue weighted by Gasteiger charge is -2.16. The summed E-state index contributed by atoms with van der Waals surface area (Å²) >= 11 is 12.3. The molecule has 0 saturated heterocycles. The number of nitrogens with one attached hydrogen (secondary N) is 1. The molecule has 0 unspecified atom stereocenters. The smallest absolute Gasteiger partial charge is 0.343 e. The zero-order valence-electron chi connectivity index (χ0n) is 16.8. The number of benzene rings is 3. The number of aryl methyl sites for hydroxylation is 1. The normalized spacial score (nSPS) is 13.5. The molecule has 0 fully saturated rings. The van der Waals surface area contributed by atoms with Crippen LogP contribution in [0.15, 0.2) is 83.5 Å². The minimum atomic E-state index is -0.675. The van der Waals surface area contributed by atoms with E-state index in [1.807, 2.05) is 19.1 Å². The molecule has 8 heteroatoms. The number of anilines is 2. The maximum Gasteiger partial charge on any atom is 0.343 e. The van der Waals surface area contributed by atoms with Crippen LogP contribution in [0.3, 0.4) is 0 Å². The predicted molar refractivity (Wildman–Crippen MR) is 123 cm³/mol. The van der Waals surface area contributed by atoms with Crippen molar-refractivity contribution in [2.45, 2.75) is 6.92 Å². The third kappa shape index (κ3) is 4.23. The van der Waals surface area contributed by atoms with Gasteiger partial charge in [0.05, 0.1) is 16.3 Å². The molecule has 1 aliphatic heterocycles. The first-order valence-electron chi connectivity index (χ1n) is 9.54. The molecule has 0 bridgehead atoms. The number of amides is 2. The second-order valence-electron chi connectivity index (χ2n) is 6.99. The van der Waals surface area contributed by atoms with Gasteiger partial charge in [-0.1, -0.05) is 53.0 Å². The number of nitrogens with zero attached hydrogens (tertiary/aromatic N) is 1. The van der Waals surface area contributed by atoms with E-state index in [-0.39, 0.29) is 21.4 Å². The van der Waals surface area contributed by atoms with Gasteiger partial charge in [0.2, 0.25) is 0 Å². The quantitative estimate of drug-likeness (QED) is 0.313. The molecule has 3 aromatic carbocycles. The Bertz CT molecular complexity index is 1250. The summed E-state index contributed by atoms with van der Waals surface area (Å²) in [5.41, 5.74) is 2.01. The number of para-hydroxylation sites is 1. The van der Waals surface area contributed by atoms with Crippen LogP contribution in [-0.2, 0) is 9.59 Å². The van der Waals surface area contributed by atoms with E-state index in [0.717, 1.165) is 10.5 Å². The highest BCUT2D eigenvalue weighted by molar-refractivity contribution is 6.53. The zero-order chi connectivity index (χ0) is 22.8. The van der Waals surface area contributed by atoms with Crippen molar-refractivity contribution in [3.8, 4) is 5.75 Å². The van der Waals surface area contributed by atoms with Gasteiger partial charge in [0.25, 0.3) is 11.8 Å². The first-order valence-corrected chi connectivity index (χ1v) is 10.3. The highest BCUT2D eigenvalue weighted by Crippen LogP contribution is 2.34. The maximum atomic E-state index is 12.9. The summed E-state index contributed by atoms with van der Waals surface area (Å²) in [7, 11) is 0. The lowest BCUT2D eigenvalue weighted by atomic mass is 10.2. The summed E-state index contributed by atoms with van der Waals surface area (Å²) < 4.78 is 5.34. The fourth-order valence-electron chi connectivity index (χ4n) is 3.07. The number of hydrogen-bond donors (Lipinski definition) is 1. The molecule has 0 aromatic heterocycles. The summed E-state index contributed by atoms with van der Waals surface area (Å²) in [6, 6.07) is 19.9. The SMILES string of the molecule is Cc1ccc(OC(=O)c2ccc(NC3=C(Cl)C(=O)N(c4ccccc4Cl)C3=O)cc2)cc1. The van der Waals surface area contributed by atoms with Gasteiger partial charge in [-0.15, -0.1) is 0 Å². The first-order chi connectivity index (χ1) is 15.3. The molecule has 0 atom stereocenters. The lowest BCUT2D eigenvalue weighted by Crippen LogP contribution is -2.32. The number of carbonyl (C=O) groups is 3. The van der Waals surface area contributed by atoms with E-state index in [9.17, 15) is 14.4 Å². The van der Waals surface area contributed by atoms with Gasteiger partial charge in [-0.25, -0.2) is 9.69 Å². The summed E-state index contributed by atoms with van der Waals surface area (Å²) in [5, 5.41) is 2.85. The zero-order valence-corrected chi connectivity index (χ0v) is 18.3.